The maximum absolute atomic E-state index is 12.4. The molecule has 24 heavy (non-hydrogen) atoms. The lowest BCUT2D eigenvalue weighted by molar-refractivity contribution is -0.125. The quantitative estimate of drug-likeness (QED) is 0.615. The number of sulfonamides is 1. The number of carbonyl (C=O) groups is 1. The summed E-state index contributed by atoms with van der Waals surface area (Å²) in [5.41, 5.74) is 6.30. The van der Waals surface area contributed by atoms with Crippen LogP contribution in [0.2, 0.25) is 0 Å². The largest absolute Gasteiger partial charge is 0.329 e. The fourth-order valence-electron chi connectivity index (χ4n) is 2.34. The van der Waals surface area contributed by atoms with Gasteiger partial charge in [-0.2, -0.15) is 0 Å². The maximum Gasteiger partial charge on any atom is 0.232 e. The highest BCUT2D eigenvalue weighted by Gasteiger charge is 2.33. The van der Waals surface area contributed by atoms with E-state index in [1.54, 1.807) is 24.3 Å². The Bertz CT molecular complexity index is 606. The first-order valence-electron chi connectivity index (χ1n) is 7.94. The Kier molecular flexibility index (Phi) is 9.32. The molecule has 0 saturated heterocycles. The van der Waals surface area contributed by atoms with Crippen LogP contribution in [0.3, 0.4) is 0 Å². The number of hydrogen-bond acceptors (Lipinski definition) is 4. The van der Waals surface area contributed by atoms with Gasteiger partial charge in [-0.3, -0.25) is 9.52 Å². The van der Waals surface area contributed by atoms with Gasteiger partial charge in [-0.05, 0) is 43.5 Å². The third-order valence-corrected chi connectivity index (χ3v) is 5.61. The van der Waals surface area contributed by atoms with Gasteiger partial charge in [0, 0.05) is 17.9 Å². The zero-order valence-corrected chi connectivity index (χ0v) is 16.1. The van der Waals surface area contributed by atoms with Crippen LogP contribution >= 0.6 is 12.4 Å². The normalized spacial score (nSPS) is 11.5. The number of amides is 1. The minimum atomic E-state index is -3.31. The molecule has 0 heterocycles. The highest BCUT2D eigenvalue weighted by atomic mass is 35.5. The fourth-order valence-corrected chi connectivity index (χ4v) is 3.47. The smallest absolute Gasteiger partial charge is 0.232 e. The van der Waals surface area contributed by atoms with Gasteiger partial charge in [0.15, 0.2) is 0 Å². The van der Waals surface area contributed by atoms with E-state index in [0.29, 0.717) is 37.2 Å². The lowest BCUT2D eigenvalue weighted by atomic mass is 9.81. The summed E-state index contributed by atoms with van der Waals surface area (Å²) in [6.45, 7) is 5.99. The SMILES string of the molecule is CCCS(=O)(=O)Nc1ccc(NC(=O)C(CC)(CC)CN)cc1.Cl. The molecule has 0 fully saturated rings. The number of halogens is 1. The number of benzene rings is 1. The highest BCUT2D eigenvalue weighted by molar-refractivity contribution is 7.92. The van der Waals surface area contributed by atoms with E-state index in [9.17, 15) is 13.2 Å². The molecule has 0 aliphatic carbocycles. The second kappa shape index (κ2) is 9.86. The van der Waals surface area contributed by atoms with Crippen molar-refractivity contribution in [3.8, 4) is 0 Å². The molecule has 0 unspecified atom stereocenters. The maximum atomic E-state index is 12.4. The predicted octanol–water partition coefficient (Wildman–Crippen LogP) is 2.96. The molecule has 0 spiro atoms. The van der Waals surface area contributed by atoms with Crippen molar-refractivity contribution in [3.05, 3.63) is 24.3 Å². The Morgan fingerprint density at radius 3 is 2.00 bits per heavy atom. The number of carbonyl (C=O) groups excluding carboxylic acids is 1. The standard InChI is InChI=1S/C16H27N3O3S.ClH/c1-4-11-23(21,22)19-14-9-7-13(8-10-14)18-15(20)16(5-2,6-3)12-17;/h7-10,19H,4-6,11-12,17H2,1-3H3,(H,18,20);1H. The summed E-state index contributed by atoms with van der Waals surface area (Å²) in [7, 11) is -3.31. The molecule has 0 bridgehead atoms. The first kappa shape index (κ1) is 22.7. The molecular formula is C16H28ClN3O3S. The first-order valence-corrected chi connectivity index (χ1v) is 9.59. The number of nitrogens with one attached hydrogen (secondary N) is 2. The molecule has 8 heteroatoms. The van der Waals surface area contributed by atoms with Crippen molar-refractivity contribution in [2.24, 2.45) is 11.1 Å². The number of hydrogen-bond donors (Lipinski definition) is 3. The molecule has 0 radical (unpaired) electrons. The van der Waals surface area contributed by atoms with Crippen molar-refractivity contribution in [3.63, 3.8) is 0 Å². The van der Waals surface area contributed by atoms with Crippen LogP contribution in [0.5, 0.6) is 0 Å². The van der Waals surface area contributed by atoms with Crippen LogP contribution in [0.1, 0.15) is 40.0 Å². The fraction of sp³-hybridized carbons (Fsp3) is 0.562. The second-order valence-corrected chi connectivity index (χ2v) is 7.49. The molecule has 6 nitrogen and oxygen atoms in total. The Morgan fingerprint density at radius 2 is 1.58 bits per heavy atom. The van der Waals surface area contributed by atoms with E-state index in [1.807, 2.05) is 20.8 Å². The van der Waals surface area contributed by atoms with Crippen molar-refractivity contribution < 1.29 is 13.2 Å². The van der Waals surface area contributed by atoms with Crippen LogP contribution in [0.25, 0.3) is 0 Å². The zero-order chi connectivity index (χ0) is 17.5. The summed E-state index contributed by atoms with van der Waals surface area (Å²) >= 11 is 0. The minimum absolute atomic E-state index is 0. The van der Waals surface area contributed by atoms with Crippen molar-refractivity contribution in [2.75, 3.05) is 22.3 Å². The Morgan fingerprint density at radius 1 is 1.08 bits per heavy atom. The lowest BCUT2D eigenvalue weighted by Gasteiger charge is -2.28. The van der Waals surface area contributed by atoms with Crippen LogP contribution in [0.4, 0.5) is 11.4 Å². The molecule has 138 valence electrons. The number of rotatable bonds is 9. The van der Waals surface area contributed by atoms with E-state index < -0.39 is 15.4 Å². The van der Waals surface area contributed by atoms with E-state index in [-0.39, 0.29) is 24.1 Å². The molecule has 1 rings (SSSR count). The summed E-state index contributed by atoms with van der Waals surface area (Å²) < 4.78 is 25.9. The van der Waals surface area contributed by atoms with Gasteiger partial charge >= 0.3 is 0 Å². The Hall–Kier alpha value is -1.31. The summed E-state index contributed by atoms with van der Waals surface area (Å²) in [5.74, 6) is -0.0263. The Balaban J connectivity index is 0.00000529. The Labute approximate surface area is 151 Å². The monoisotopic (exact) mass is 377 g/mol. The summed E-state index contributed by atoms with van der Waals surface area (Å²) in [5, 5.41) is 2.85. The number of anilines is 2. The van der Waals surface area contributed by atoms with Crippen molar-refractivity contribution in [1.82, 2.24) is 0 Å². The van der Waals surface area contributed by atoms with Crippen LogP contribution in [-0.2, 0) is 14.8 Å². The van der Waals surface area contributed by atoms with Gasteiger partial charge in [0.05, 0.1) is 11.2 Å². The van der Waals surface area contributed by atoms with Gasteiger partial charge in [-0.25, -0.2) is 8.42 Å². The van der Waals surface area contributed by atoms with E-state index >= 15 is 0 Å². The van der Waals surface area contributed by atoms with Gasteiger partial charge in [0.1, 0.15) is 0 Å². The van der Waals surface area contributed by atoms with Crippen LogP contribution < -0.4 is 15.8 Å². The third-order valence-electron chi connectivity index (χ3n) is 4.11. The first-order chi connectivity index (χ1) is 10.8. The van der Waals surface area contributed by atoms with Crippen LogP contribution in [-0.4, -0.2) is 26.6 Å². The average Bonchev–Trinajstić information content (AvgIpc) is 2.51. The van der Waals surface area contributed by atoms with Gasteiger partial charge in [-0.1, -0.05) is 20.8 Å². The topological polar surface area (TPSA) is 101 Å². The highest BCUT2D eigenvalue weighted by Crippen LogP contribution is 2.27. The molecule has 1 aromatic rings. The van der Waals surface area contributed by atoms with Gasteiger partial charge in [-0.15, -0.1) is 12.4 Å². The predicted molar refractivity (Wildman–Crippen MR) is 102 cm³/mol. The van der Waals surface area contributed by atoms with E-state index in [0.717, 1.165) is 0 Å². The van der Waals surface area contributed by atoms with Gasteiger partial charge in [0.25, 0.3) is 0 Å². The summed E-state index contributed by atoms with van der Waals surface area (Å²) in [4.78, 5) is 12.4. The molecule has 4 N–H and O–H groups in total. The third kappa shape index (κ3) is 5.96. The molecule has 0 saturated carbocycles. The second-order valence-electron chi connectivity index (χ2n) is 5.64. The summed E-state index contributed by atoms with van der Waals surface area (Å²) in [6.07, 6.45) is 1.89. The molecule has 0 atom stereocenters. The molecule has 1 aromatic carbocycles. The van der Waals surface area contributed by atoms with Crippen molar-refractivity contribution in [2.45, 2.75) is 40.0 Å². The van der Waals surface area contributed by atoms with E-state index in [4.69, 9.17) is 5.73 Å². The molecule has 0 aromatic heterocycles. The molecular weight excluding hydrogens is 350 g/mol. The van der Waals surface area contributed by atoms with Crippen LogP contribution in [0, 0.1) is 5.41 Å². The van der Waals surface area contributed by atoms with Gasteiger partial charge < -0.3 is 11.1 Å². The van der Waals surface area contributed by atoms with Crippen molar-refractivity contribution >= 4 is 39.7 Å². The van der Waals surface area contributed by atoms with Gasteiger partial charge in [0.2, 0.25) is 15.9 Å². The molecule has 0 aliphatic heterocycles. The lowest BCUT2D eigenvalue weighted by Crippen LogP contribution is -2.41. The zero-order valence-electron chi connectivity index (χ0n) is 14.5. The van der Waals surface area contributed by atoms with E-state index in [1.165, 1.54) is 0 Å². The molecule has 1 amide bonds. The van der Waals surface area contributed by atoms with Crippen LogP contribution in [0.15, 0.2) is 24.3 Å². The minimum Gasteiger partial charge on any atom is -0.329 e. The summed E-state index contributed by atoms with van der Waals surface area (Å²) in [6, 6.07) is 6.61. The van der Waals surface area contributed by atoms with Crippen molar-refractivity contribution in [1.29, 1.82) is 0 Å². The molecule has 0 aliphatic rings. The average molecular weight is 378 g/mol. The number of nitrogens with two attached hydrogens (primary N) is 1. The van der Waals surface area contributed by atoms with E-state index in [2.05, 4.69) is 10.0 Å².